The van der Waals surface area contributed by atoms with Crippen LogP contribution in [0.25, 0.3) is 0 Å². The Hall–Kier alpha value is -1.07. The van der Waals surface area contributed by atoms with Crippen LogP contribution in [0.2, 0.25) is 10.0 Å². The van der Waals surface area contributed by atoms with E-state index in [0.29, 0.717) is 10.0 Å². The van der Waals surface area contributed by atoms with Crippen molar-refractivity contribution in [2.75, 3.05) is 0 Å². The first-order chi connectivity index (χ1) is 8.56. The molecule has 1 aromatic carbocycles. The molecule has 0 aliphatic rings. The van der Waals surface area contributed by atoms with Gasteiger partial charge in [-0.3, -0.25) is 10.5 Å². The zero-order valence-corrected chi connectivity index (χ0v) is 11.6. The lowest BCUT2D eigenvalue weighted by Crippen LogP contribution is -2.29. The Labute approximate surface area is 116 Å². The van der Waals surface area contributed by atoms with Gasteiger partial charge in [0, 0.05) is 18.3 Å². The Morgan fingerprint density at radius 2 is 2.06 bits per heavy atom. The van der Waals surface area contributed by atoms with Crippen LogP contribution in [0.15, 0.2) is 24.4 Å². The van der Waals surface area contributed by atoms with E-state index in [1.807, 2.05) is 26.1 Å². The topological polar surface area (TPSA) is 55.9 Å². The summed E-state index contributed by atoms with van der Waals surface area (Å²) in [7, 11) is 1.88. The van der Waals surface area contributed by atoms with Crippen LogP contribution in [0.4, 0.5) is 0 Å². The van der Waals surface area contributed by atoms with Gasteiger partial charge in [-0.05, 0) is 18.6 Å². The highest BCUT2D eigenvalue weighted by Gasteiger charge is 2.20. The third kappa shape index (κ3) is 2.24. The minimum Gasteiger partial charge on any atom is -0.273 e. The summed E-state index contributed by atoms with van der Waals surface area (Å²) in [6, 6.07) is 5.26. The van der Waals surface area contributed by atoms with Gasteiger partial charge in [0.1, 0.15) is 0 Å². The van der Waals surface area contributed by atoms with Gasteiger partial charge in [-0.15, -0.1) is 0 Å². The molecule has 1 unspecified atom stereocenters. The second kappa shape index (κ2) is 5.28. The van der Waals surface area contributed by atoms with Crippen LogP contribution in [0.5, 0.6) is 0 Å². The average molecular weight is 285 g/mol. The average Bonchev–Trinajstić information content (AvgIpc) is 2.68. The van der Waals surface area contributed by atoms with Crippen molar-refractivity contribution >= 4 is 23.2 Å². The third-order valence-corrected chi connectivity index (χ3v) is 3.88. The first kappa shape index (κ1) is 13.4. The fraction of sp³-hybridized carbons (Fsp3) is 0.250. The molecular weight excluding hydrogens is 271 g/mol. The van der Waals surface area contributed by atoms with Crippen LogP contribution in [0.3, 0.4) is 0 Å². The smallest absolute Gasteiger partial charge is 0.0758 e. The molecule has 1 atom stereocenters. The highest BCUT2D eigenvalue weighted by Crippen LogP contribution is 2.33. The number of nitrogens with zero attached hydrogens (tertiary/aromatic N) is 2. The summed E-state index contributed by atoms with van der Waals surface area (Å²) in [5, 5.41) is 5.22. The number of halogens is 2. The number of benzene rings is 1. The predicted octanol–water partition coefficient (Wildman–Crippen LogP) is 2.59. The SMILES string of the molecule is Cc1c(C(NN)c2cccc(Cl)c2Cl)cnn1C. The van der Waals surface area contributed by atoms with Crippen molar-refractivity contribution < 1.29 is 0 Å². The minimum absolute atomic E-state index is 0.232. The Kier molecular flexibility index (Phi) is 3.92. The van der Waals surface area contributed by atoms with Gasteiger partial charge in [-0.25, -0.2) is 5.43 Å². The van der Waals surface area contributed by atoms with Crippen LogP contribution in [0, 0.1) is 6.92 Å². The van der Waals surface area contributed by atoms with Crippen LogP contribution >= 0.6 is 23.2 Å². The molecule has 6 heteroatoms. The molecule has 0 radical (unpaired) electrons. The molecule has 4 nitrogen and oxygen atoms in total. The van der Waals surface area contributed by atoms with E-state index in [1.54, 1.807) is 16.9 Å². The van der Waals surface area contributed by atoms with E-state index in [4.69, 9.17) is 29.0 Å². The van der Waals surface area contributed by atoms with Gasteiger partial charge < -0.3 is 0 Å². The van der Waals surface area contributed by atoms with Crippen molar-refractivity contribution in [1.82, 2.24) is 15.2 Å². The van der Waals surface area contributed by atoms with Gasteiger partial charge in [-0.2, -0.15) is 5.10 Å². The number of nitrogens with one attached hydrogen (secondary N) is 1. The Balaban J connectivity index is 2.52. The molecule has 1 heterocycles. The van der Waals surface area contributed by atoms with Gasteiger partial charge in [-0.1, -0.05) is 35.3 Å². The number of hydrazine groups is 1. The largest absolute Gasteiger partial charge is 0.273 e. The van der Waals surface area contributed by atoms with Crippen molar-refractivity contribution in [2.45, 2.75) is 13.0 Å². The van der Waals surface area contributed by atoms with Crippen LogP contribution in [0.1, 0.15) is 22.9 Å². The van der Waals surface area contributed by atoms with Crippen molar-refractivity contribution in [3.63, 3.8) is 0 Å². The van der Waals surface area contributed by atoms with E-state index >= 15 is 0 Å². The second-order valence-corrected chi connectivity index (χ2v) is 4.84. The molecule has 3 N–H and O–H groups in total. The number of rotatable bonds is 3. The first-order valence-electron chi connectivity index (χ1n) is 5.44. The van der Waals surface area contributed by atoms with Crippen LogP contribution in [-0.2, 0) is 7.05 Å². The second-order valence-electron chi connectivity index (χ2n) is 4.05. The molecule has 0 saturated heterocycles. The Morgan fingerprint density at radius 3 is 2.61 bits per heavy atom. The molecule has 0 fully saturated rings. The van der Waals surface area contributed by atoms with Gasteiger partial charge in [0.15, 0.2) is 0 Å². The number of aromatic nitrogens is 2. The predicted molar refractivity (Wildman–Crippen MR) is 73.6 cm³/mol. The lowest BCUT2D eigenvalue weighted by molar-refractivity contribution is 0.630. The molecular formula is C12H14Cl2N4. The van der Waals surface area contributed by atoms with Crippen molar-refractivity contribution in [1.29, 1.82) is 0 Å². The number of hydrogen-bond acceptors (Lipinski definition) is 3. The van der Waals surface area contributed by atoms with Gasteiger partial charge in [0.25, 0.3) is 0 Å². The van der Waals surface area contributed by atoms with Crippen molar-refractivity contribution in [3.8, 4) is 0 Å². The number of aryl methyl sites for hydroxylation is 1. The molecule has 0 amide bonds. The van der Waals surface area contributed by atoms with Gasteiger partial charge in [0.2, 0.25) is 0 Å². The minimum atomic E-state index is -0.232. The van der Waals surface area contributed by atoms with E-state index in [9.17, 15) is 0 Å². The van der Waals surface area contributed by atoms with Crippen LogP contribution in [-0.4, -0.2) is 9.78 Å². The molecule has 96 valence electrons. The quantitative estimate of drug-likeness (QED) is 0.673. The maximum absolute atomic E-state index is 6.22. The maximum Gasteiger partial charge on any atom is 0.0758 e. The standard InChI is InChI=1S/C12H14Cl2N4/c1-7-9(6-16-18(7)2)12(17-15)8-4-3-5-10(13)11(8)14/h3-6,12,17H,15H2,1-2H3. The molecule has 0 aliphatic heterocycles. The lowest BCUT2D eigenvalue weighted by atomic mass is 10.00. The van der Waals surface area contributed by atoms with E-state index in [1.165, 1.54) is 0 Å². The highest BCUT2D eigenvalue weighted by atomic mass is 35.5. The zero-order valence-electron chi connectivity index (χ0n) is 10.1. The Bertz CT molecular complexity index is 565. The normalized spacial score (nSPS) is 12.7. The summed E-state index contributed by atoms with van der Waals surface area (Å²) in [5.74, 6) is 5.65. The zero-order chi connectivity index (χ0) is 13.3. The number of nitrogens with two attached hydrogens (primary N) is 1. The van der Waals surface area contributed by atoms with Gasteiger partial charge in [0.05, 0.1) is 22.3 Å². The summed E-state index contributed by atoms with van der Waals surface area (Å²) in [6.45, 7) is 1.98. The monoisotopic (exact) mass is 284 g/mol. The molecule has 0 aliphatic carbocycles. The highest BCUT2D eigenvalue weighted by molar-refractivity contribution is 6.42. The number of hydrogen-bond donors (Lipinski definition) is 2. The summed E-state index contributed by atoms with van der Waals surface area (Å²) in [6.07, 6.45) is 1.77. The summed E-state index contributed by atoms with van der Waals surface area (Å²) >= 11 is 12.2. The summed E-state index contributed by atoms with van der Waals surface area (Å²) < 4.78 is 1.79. The molecule has 1 aromatic heterocycles. The maximum atomic E-state index is 6.22. The molecule has 2 aromatic rings. The van der Waals surface area contributed by atoms with Crippen LogP contribution < -0.4 is 11.3 Å². The summed E-state index contributed by atoms with van der Waals surface area (Å²) in [5.41, 5.74) is 5.59. The fourth-order valence-corrected chi connectivity index (χ4v) is 2.31. The van der Waals surface area contributed by atoms with Crippen molar-refractivity contribution in [3.05, 3.63) is 51.3 Å². The fourth-order valence-electron chi connectivity index (χ4n) is 1.89. The molecule has 0 spiro atoms. The molecule has 18 heavy (non-hydrogen) atoms. The summed E-state index contributed by atoms with van der Waals surface area (Å²) in [4.78, 5) is 0. The molecule has 0 saturated carbocycles. The lowest BCUT2D eigenvalue weighted by Gasteiger charge is -2.18. The molecule has 0 bridgehead atoms. The van der Waals surface area contributed by atoms with E-state index in [2.05, 4.69) is 10.5 Å². The van der Waals surface area contributed by atoms with E-state index < -0.39 is 0 Å². The van der Waals surface area contributed by atoms with Crippen molar-refractivity contribution in [2.24, 2.45) is 12.9 Å². The van der Waals surface area contributed by atoms with E-state index in [0.717, 1.165) is 16.8 Å². The third-order valence-electron chi connectivity index (χ3n) is 3.04. The van der Waals surface area contributed by atoms with E-state index in [-0.39, 0.29) is 6.04 Å². The first-order valence-corrected chi connectivity index (χ1v) is 6.20. The molecule has 2 rings (SSSR count). The Morgan fingerprint density at radius 1 is 1.33 bits per heavy atom. The van der Waals surface area contributed by atoms with Gasteiger partial charge >= 0.3 is 0 Å².